The molecule has 0 aliphatic rings. The maximum absolute atomic E-state index is 7.31. The van der Waals surface area contributed by atoms with Crippen LogP contribution in [0.4, 0.5) is 0 Å². The maximum Gasteiger partial charge on any atom is 0.0270 e. The monoisotopic (exact) mass is 100 g/mol. The summed E-state index contributed by atoms with van der Waals surface area (Å²) in [5, 5.41) is 0. The summed E-state index contributed by atoms with van der Waals surface area (Å²) in [7, 11) is 0. The van der Waals surface area contributed by atoms with Gasteiger partial charge in [-0.1, -0.05) is 25.8 Å². The molecule has 0 aliphatic carbocycles. The zero-order valence-corrected chi connectivity index (χ0v) is 4.85. The molecule has 0 aromatic rings. The van der Waals surface area contributed by atoms with Crippen LogP contribution in [-0.2, 0) is 0 Å². The predicted octanol–water partition coefficient (Wildman–Crippen LogP) is 2.75. The molecular weight excluding hydrogens is 84.1 g/mol. The van der Waals surface area contributed by atoms with E-state index in [0.717, 1.165) is 0 Å². The van der Waals surface area contributed by atoms with Crippen molar-refractivity contribution in [2.24, 2.45) is 0 Å². The van der Waals surface area contributed by atoms with E-state index in [1.807, 2.05) is 6.92 Å². The first-order valence-corrected chi connectivity index (χ1v) is 2.62. The van der Waals surface area contributed by atoms with Crippen molar-refractivity contribution in [3.8, 4) is 0 Å². The van der Waals surface area contributed by atoms with Crippen molar-refractivity contribution in [2.75, 3.05) is 0 Å². The van der Waals surface area contributed by atoms with E-state index < -0.39 is 0 Å². The minimum Gasteiger partial charge on any atom is -0.103 e. The van der Waals surface area contributed by atoms with Crippen molar-refractivity contribution in [3.63, 3.8) is 0 Å². The largest absolute Gasteiger partial charge is 0.103 e. The summed E-state index contributed by atoms with van der Waals surface area (Å²) in [4.78, 5) is 0. The lowest BCUT2D eigenvalue weighted by molar-refractivity contribution is 0.730. The molecule has 0 heterocycles. The lowest BCUT2D eigenvalue weighted by atomic mass is 10.2. The van der Waals surface area contributed by atoms with E-state index in [2.05, 4.69) is 6.58 Å². The second-order valence-electron chi connectivity index (χ2n) is 1.46. The van der Waals surface area contributed by atoms with Gasteiger partial charge < -0.3 is 0 Å². The van der Waals surface area contributed by atoms with Crippen molar-refractivity contribution in [1.82, 2.24) is 0 Å². The van der Waals surface area contributed by atoms with Crippen LogP contribution in [0.5, 0.6) is 0 Å². The average Bonchev–Trinajstić information content (AvgIpc) is 1.63. The fourth-order valence-corrected chi connectivity index (χ4v) is 0.381. The summed E-state index contributed by atoms with van der Waals surface area (Å²) in [6.45, 7) is 5.34. The molecule has 0 fully saturated rings. The second-order valence-corrected chi connectivity index (χ2v) is 1.46. The fraction of sp³-hybridized carbons (Fsp3) is 0.714. The highest BCUT2D eigenvalue weighted by Gasteiger charge is 1.77. The fourth-order valence-electron chi connectivity index (χ4n) is 0.381. The smallest absolute Gasteiger partial charge is 0.0270 e. The summed E-state index contributed by atoms with van der Waals surface area (Å²) in [6, 6.07) is 0. The van der Waals surface area contributed by atoms with Gasteiger partial charge in [-0.15, -0.1) is 6.58 Å². The van der Waals surface area contributed by atoms with Crippen LogP contribution in [0.15, 0.2) is 12.7 Å². The van der Waals surface area contributed by atoms with Gasteiger partial charge in [0.1, 0.15) is 0 Å². The van der Waals surface area contributed by atoms with E-state index in [1.54, 1.807) is 6.08 Å². The SMILES string of the molecule is [2H]C(C)CC([2H])CC=C. The van der Waals surface area contributed by atoms with Crippen LogP contribution >= 0.6 is 0 Å². The first-order valence-electron chi connectivity index (χ1n) is 3.77. The lowest BCUT2D eigenvalue weighted by Gasteiger charge is -1.87. The number of hydrogen-bond acceptors (Lipinski definition) is 0. The number of hydrogen-bond donors (Lipinski definition) is 0. The van der Waals surface area contributed by atoms with Crippen molar-refractivity contribution in [1.29, 1.82) is 0 Å². The molecule has 0 N–H and O–H groups in total. The summed E-state index contributed by atoms with van der Waals surface area (Å²) >= 11 is 0. The molecule has 0 nitrogen and oxygen atoms in total. The standard InChI is InChI=1S/C7H14/c1-3-5-7-6-4-2/h3H,1,4-7H2,2H3/i4D,7D. The molecule has 0 radical (unpaired) electrons. The molecule has 0 spiro atoms. The van der Waals surface area contributed by atoms with E-state index in [1.165, 1.54) is 0 Å². The van der Waals surface area contributed by atoms with Crippen LogP contribution in [0.3, 0.4) is 0 Å². The number of rotatable bonds is 4. The van der Waals surface area contributed by atoms with E-state index in [0.29, 0.717) is 12.8 Å². The van der Waals surface area contributed by atoms with Gasteiger partial charge in [-0.2, -0.15) is 0 Å². The van der Waals surface area contributed by atoms with Gasteiger partial charge in [0.2, 0.25) is 0 Å². The molecule has 0 aliphatic heterocycles. The molecule has 0 amide bonds. The van der Waals surface area contributed by atoms with E-state index in [4.69, 9.17) is 2.74 Å². The highest BCUT2D eigenvalue weighted by Crippen LogP contribution is 1.97. The third-order valence-electron chi connectivity index (χ3n) is 0.736. The van der Waals surface area contributed by atoms with Gasteiger partial charge >= 0.3 is 0 Å². The normalized spacial score (nSPS) is 21.9. The first-order chi connectivity index (χ1) is 4.16. The minimum absolute atomic E-state index is 0.104. The van der Waals surface area contributed by atoms with Crippen molar-refractivity contribution < 1.29 is 2.74 Å². The Bertz CT molecular complexity index is 79.0. The van der Waals surface area contributed by atoms with Gasteiger partial charge in [0.25, 0.3) is 0 Å². The van der Waals surface area contributed by atoms with Crippen molar-refractivity contribution >= 4 is 0 Å². The second kappa shape index (κ2) is 5.74. The molecule has 0 saturated heterocycles. The Morgan fingerprint density at radius 3 is 3.00 bits per heavy atom. The summed E-state index contributed by atoms with van der Waals surface area (Å²) in [6.07, 6.45) is 2.89. The van der Waals surface area contributed by atoms with E-state index in [9.17, 15) is 0 Å². The molecule has 0 saturated carbocycles. The van der Waals surface area contributed by atoms with Gasteiger partial charge in [-0.3, -0.25) is 0 Å². The zero-order valence-electron chi connectivity index (χ0n) is 6.85. The van der Waals surface area contributed by atoms with Crippen LogP contribution in [-0.4, -0.2) is 0 Å². The Morgan fingerprint density at radius 2 is 2.57 bits per heavy atom. The van der Waals surface area contributed by atoms with Gasteiger partial charge in [-0.25, -0.2) is 0 Å². The Labute approximate surface area is 49.0 Å². The van der Waals surface area contributed by atoms with Gasteiger partial charge in [-0.05, 0) is 12.8 Å². The van der Waals surface area contributed by atoms with Crippen LogP contribution < -0.4 is 0 Å². The lowest BCUT2D eigenvalue weighted by Crippen LogP contribution is -1.67. The molecule has 42 valence electrons. The van der Waals surface area contributed by atoms with Crippen LogP contribution in [0.1, 0.15) is 35.3 Å². The Hall–Kier alpha value is -0.260. The Morgan fingerprint density at radius 1 is 1.86 bits per heavy atom. The van der Waals surface area contributed by atoms with E-state index in [-0.39, 0.29) is 12.8 Å². The highest BCUT2D eigenvalue weighted by molar-refractivity contribution is 4.64. The van der Waals surface area contributed by atoms with Gasteiger partial charge in [0.15, 0.2) is 0 Å². The van der Waals surface area contributed by atoms with Crippen LogP contribution in [0, 0.1) is 0 Å². The van der Waals surface area contributed by atoms with Gasteiger partial charge in [0.05, 0.1) is 0 Å². The molecular formula is C7H14. The first kappa shape index (κ1) is 3.71. The molecule has 0 aromatic heterocycles. The van der Waals surface area contributed by atoms with Crippen molar-refractivity contribution in [2.45, 2.75) is 32.6 Å². The average molecular weight is 100 g/mol. The predicted molar refractivity (Wildman–Crippen MR) is 34.3 cm³/mol. The quantitative estimate of drug-likeness (QED) is 0.476. The third-order valence-corrected chi connectivity index (χ3v) is 0.736. The zero-order chi connectivity index (χ0) is 7.28. The Kier molecular flexibility index (Phi) is 3.04. The molecule has 2 unspecified atom stereocenters. The van der Waals surface area contributed by atoms with E-state index >= 15 is 0 Å². The highest BCUT2D eigenvalue weighted by atomic mass is 13.8. The summed E-state index contributed by atoms with van der Waals surface area (Å²) < 4.78 is 14.4. The molecule has 0 aromatic carbocycles. The molecule has 0 heteroatoms. The van der Waals surface area contributed by atoms with Crippen molar-refractivity contribution in [3.05, 3.63) is 12.7 Å². The molecule has 2 atom stereocenters. The summed E-state index contributed by atoms with van der Waals surface area (Å²) in [5.74, 6) is 0. The topological polar surface area (TPSA) is 0 Å². The molecule has 0 bridgehead atoms. The molecule has 0 rings (SSSR count). The van der Waals surface area contributed by atoms with Crippen LogP contribution in [0.2, 0.25) is 0 Å². The molecule has 7 heavy (non-hydrogen) atoms. The maximum atomic E-state index is 7.31. The van der Waals surface area contributed by atoms with Crippen LogP contribution in [0.25, 0.3) is 0 Å². The summed E-state index contributed by atoms with van der Waals surface area (Å²) in [5.41, 5.74) is 0. The Balaban J connectivity index is 3.25. The number of allylic oxidation sites excluding steroid dienone is 1. The minimum atomic E-state index is -0.116. The van der Waals surface area contributed by atoms with Gasteiger partial charge in [0, 0.05) is 2.74 Å². The third kappa shape index (κ3) is 5.74.